The molecular formula is C22H18F3N3O2. The molecule has 4 rings (SSSR count). The number of amides is 1. The monoisotopic (exact) mass is 413 g/mol. The molecule has 1 amide bonds. The van der Waals surface area contributed by atoms with Crippen LogP contribution in [0.2, 0.25) is 0 Å². The average molecular weight is 413 g/mol. The van der Waals surface area contributed by atoms with Gasteiger partial charge in [0.05, 0.1) is 23.6 Å². The zero-order chi connectivity index (χ0) is 21.1. The van der Waals surface area contributed by atoms with Crippen molar-refractivity contribution in [3.8, 4) is 11.3 Å². The van der Waals surface area contributed by atoms with Crippen LogP contribution in [0.4, 0.5) is 18.9 Å². The summed E-state index contributed by atoms with van der Waals surface area (Å²) >= 11 is 0. The average Bonchev–Trinajstić information content (AvgIpc) is 2.76. The minimum Gasteiger partial charge on any atom is -0.373 e. The fourth-order valence-corrected chi connectivity index (χ4v) is 3.43. The van der Waals surface area contributed by atoms with Gasteiger partial charge >= 0.3 is 0 Å². The standard InChI is InChI=1S/C22H18F3N3O2/c23-14-4-3-5-15(24)20(14)21-16(25)7-8-17(27-21)22(29)28-18-12-26-10-9-13(18)19-6-1-2-11-30-19/h3-5,7-10,12,19H,1-2,6,11H2,(H,28,29)/t19-/m0/s1. The van der Waals surface area contributed by atoms with Crippen LogP contribution in [0.5, 0.6) is 0 Å². The zero-order valence-electron chi connectivity index (χ0n) is 15.9. The van der Waals surface area contributed by atoms with E-state index in [1.165, 1.54) is 12.3 Å². The molecule has 1 saturated heterocycles. The molecule has 0 saturated carbocycles. The molecule has 30 heavy (non-hydrogen) atoms. The topological polar surface area (TPSA) is 64.1 Å². The maximum absolute atomic E-state index is 14.3. The summed E-state index contributed by atoms with van der Waals surface area (Å²) in [4.78, 5) is 20.7. The third kappa shape index (κ3) is 4.04. The molecule has 1 aliphatic rings. The minimum atomic E-state index is -0.969. The van der Waals surface area contributed by atoms with E-state index in [0.29, 0.717) is 12.3 Å². The van der Waals surface area contributed by atoms with Gasteiger partial charge in [-0.25, -0.2) is 18.2 Å². The first-order chi connectivity index (χ1) is 14.5. The predicted molar refractivity (Wildman–Crippen MR) is 104 cm³/mol. The molecule has 8 heteroatoms. The van der Waals surface area contributed by atoms with E-state index in [0.717, 1.165) is 49.1 Å². The molecule has 0 radical (unpaired) electrons. The van der Waals surface area contributed by atoms with Crippen LogP contribution in [0, 0.1) is 17.5 Å². The second-order valence-electron chi connectivity index (χ2n) is 6.90. The number of hydrogen-bond donors (Lipinski definition) is 1. The molecule has 3 aromatic rings. The number of halogens is 3. The molecule has 154 valence electrons. The molecule has 1 aromatic carbocycles. The van der Waals surface area contributed by atoms with Gasteiger partial charge in [0.2, 0.25) is 0 Å². The molecule has 0 aliphatic carbocycles. The maximum atomic E-state index is 14.3. The van der Waals surface area contributed by atoms with E-state index in [9.17, 15) is 18.0 Å². The van der Waals surface area contributed by atoms with E-state index in [1.807, 2.05) is 0 Å². The Kier molecular flexibility index (Phi) is 5.76. The molecule has 0 spiro atoms. The fraction of sp³-hybridized carbons (Fsp3) is 0.227. The van der Waals surface area contributed by atoms with Gasteiger partial charge in [-0.15, -0.1) is 0 Å². The molecular weight excluding hydrogens is 395 g/mol. The molecule has 1 N–H and O–H groups in total. The van der Waals surface area contributed by atoms with Crippen molar-refractivity contribution in [3.63, 3.8) is 0 Å². The minimum absolute atomic E-state index is 0.165. The van der Waals surface area contributed by atoms with Crippen molar-refractivity contribution in [1.29, 1.82) is 0 Å². The highest BCUT2D eigenvalue weighted by atomic mass is 19.1. The summed E-state index contributed by atoms with van der Waals surface area (Å²) in [5, 5.41) is 2.70. The lowest BCUT2D eigenvalue weighted by molar-refractivity contribution is 0.0153. The van der Waals surface area contributed by atoms with Gasteiger partial charge < -0.3 is 10.1 Å². The SMILES string of the molecule is O=C(Nc1cnccc1[C@@H]1CCCCO1)c1ccc(F)c(-c2c(F)cccc2F)n1. The van der Waals surface area contributed by atoms with Crippen molar-refractivity contribution in [2.45, 2.75) is 25.4 Å². The van der Waals surface area contributed by atoms with Gasteiger partial charge in [0.15, 0.2) is 0 Å². The van der Waals surface area contributed by atoms with Gasteiger partial charge in [-0.1, -0.05) is 6.07 Å². The van der Waals surface area contributed by atoms with Crippen LogP contribution in [0.3, 0.4) is 0 Å². The molecule has 1 fully saturated rings. The van der Waals surface area contributed by atoms with E-state index in [-0.39, 0.29) is 11.8 Å². The van der Waals surface area contributed by atoms with Crippen LogP contribution in [0.1, 0.15) is 41.4 Å². The van der Waals surface area contributed by atoms with Crippen molar-refractivity contribution in [3.05, 3.63) is 77.5 Å². The van der Waals surface area contributed by atoms with Crippen molar-refractivity contribution >= 4 is 11.6 Å². The van der Waals surface area contributed by atoms with Gasteiger partial charge in [-0.3, -0.25) is 9.78 Å². The highest BCUT2D eigenvalue weighted by Crippen LogP contribution is 2.32. The zero-order valence-corrected chi connectivity index (χ0v) is 15.9. The third-order valence-corrected chi connectivity index (χ3v) is 4.91. The Morgan fingerprint density at radius 3 is 2.57 bits per heavy atom. The normalized spacial score (nSPS) is 16.3. The molecule has 1 atom stereocenters. The first-order valence-corrected chi connectivity index (χ1v) is 9.52. The van der Waals surface area contributed by atoms with Gasteiger partial charge in [0.25, 0.3) is 5.91 Å². The second kappa shape index (κ2) is 8.62. The molecule has 0 bridgehead atoms. The van der Waals surface area contributed by atoms with Gasteiger partial charge in [-0.2, -0.15) is 0 Å². The summed E-state index contributed by atoms with van der Waals surface area (Å²) < 4.78 is 48.2. The Labute approximate surface area is 170 Å². The van der Waals surface area contributed by atoms with Crippen molar-refractivity contribution in [2.24, 2.45) is 0 Å². The molecule has 3 heterocycles. The van der Waals surface area contributed by atoms with Crippen LogP contribution < -0.4 is 5.32 Å². The second-order valence-corrected chi connectivity index (χ2v) is 6.90. The number of aromatic nitrogens is 2. The first kappa shape index (κ1) is 20.0. The Hall–Kier alpha value is -3.26. The number of carbonyl (C=O) groups is 1. The summed E-state index contributed by atoms with van der Waals surface area (Å²) in [6.07, 6.45) is 5.75. The number of nitrogens with zero attached hydrogens (tertiary/aromatic N) is 2. The lowest BCUT2D eigenvalue weighted by atomic mass is 10.0. The van der Waals surface area contributed by atoms with Crippen LogP contribution >= 0.6 is 0 Å². The summed E-state index contributed by atoms with van der Waals surface area (Å²) in [7, 11) is 0. The Morgan fingerprint density at radius 2 is 1.83 bits per heavy atom. The van der Waals surface area contributed by atoms with Gasteiger partial charge in [0, 0.05) is 18.4 Å². The Balaban J connectivity index is 1.64. The van der Waals surface area contributed by atoms with E-state index < -0.39 is 34.6 Å². The number of ether oxygens (including phenoxy) is 1. The molecule has 1 aliphatic heterocycles. The molecule has 5 nitrogen and oxygen atoms in total. The van der Waals surface area contributed by atoms with Crippen LogP contribution in [0.15, 0.2) is 48.8 Å². The number of nitrogens with one attached hydrogen (secondary N) is 1. The maximum Gasteiger partial charge on any atom is 0.274 e. The van der Waals surface area contributed by atoms with Crippen LogP contribution in [-0.4, -0.2) is 22.5 Å². The van der Waals surface area contributed by atoms with E-state index in [2.05, 4.69) is 15.3 Å². The third-order valence-electron chi connectivity index (χ3n) is 4.91. The summed E-state index contributed by atoms with van der Waals surface area (Å²) in [5.41, 5.74) is -0.157. The van der Waals surface area contributed by atoms with E-state index in [1.54, 1.807) is 12.3 Å². The van der Waals surface area contributed by atoms with Crippen LogP contribution in [0.25, 0.3) is 11.3 Å². The van der Waals surface area contributed by atoms with Crippen molar-refractivity contribution in [1.82, 2.24) is 9.97 Å². The summed E-state index contributed by atoms with van der Waals surface area (Å²) in [6.45, 7) is 0.636. The lowest BCUT2D eigenvalue weighted by Crippen LogP contribution is -2.18. The Bertz CT molecular complexity index is 1060. The smallest absolute Gasteiger partial charge is 0.274 e. The Morgan fingerprint density at radius 1 is 1.03 bits per heavy atom. The summed E-state index contributed by atoms with van der Waals surface area (Å²) in [6, 6.07) is 7.04. The summed E-state index contributed by atoms with van der Waals surface area (Å²) in [5.74, 6) is -3.53. The number of carbonyl (C=O) groups excluding carboxylic acids is 1. The van der Waals surface area contributed by atoms with Gasteiger partial charge in [-0.05, 0) is 49.6 Å². The first-order valence-electron chi connectivity index (χ1n) is 9.52. The van der Waals surface area contributed by atoms with Crippen molar-refractivity contribution < 1.29 is 22.7 Å². The van der Waals surface area contributed by atoms with Crippen molar-refractivity contribution in [2.75, 3.05) is 11.9 Å². The largest absolute Gasteiger partial charge is 0.373 e. The molecule has 2 aromatic heterocycles. The number of anilines is 1. The van der Waals surface area contributed by atoms with E-state index >= 15 is 0 Å². The quantitative estimate of drug-likeness (QED) is 0.650. The fourth-order valence-electron chi connectivity index (χ4n) is 3.43. The number of benzene rings is 1. The molecule has 0 unspecified atom stereocenters. The van der Waals surface area contributed by atoms with E-state index in [4.69, 9.17) is 4.74 Å². The van der Waals surface area contributed by atoms with Crippen LogP contribution in [-0.2, 0) is 4.74 Å². The number of hydrogen-bond acceptors (Lipinski definition) is 4. The van der Waals surface area contributed by atoms with Gasteiger partial charge in [0.1, 0.15) is 28.8 Å². The number of pyridine rings is 2. The lowest BCUT2D eigenvalue weighted by Gasteiger charge is -2.24. The number of rotatable bonds is 4. The predicted octanol–water partition coefficient (Wildman–Crippen LogP) is 5.05. The highest BCUT2D eigenvalue weighted by Gasteiger charge is 2.22. The highest BCUT2D eigenvalue weighted by molar-refractivity contribution is 6.03.